The number of nitrogens with one attached hydrogen (secondary N) is 3. The zero-order valence-electron chi connectivity index (χ0n) is 16.9. The molecule has 3 amide bonds. The molecule has 0 aliphatic heterocycles. The predicted molar refractivity (Wildman–Crippen MR) is 123 cm³/mol. The van der Waals surface area contributed by atoms with Gasteiger partial charge in [0, 0.05) is 22.5 Å². The van der Waals surface area contributed by atoms with Gasteiger partial charge >= 0.3 is 6.03 Å². The molecule has 0 saturated heterocycles. The number of hydrogen-bond donors (Lipinski definition) is 3. The normalized spacial score (nSPS) is 11.0. The van der Waals surface area contributed by atoms with Crippen molar-refractivity contribution in [3.8, 4) is 0 Å². The fourth-order valence-corrected chi connectivity index (χ4v) is 4.62. The second kappa shape index (κ2) is 10.2. The van der Waals surface area contributed by atoms with E-state index in [1.807, 2.05) is 0 Å². The fraction of sp³-hybridized carbons (Fsp3) is 0.0476. The fourth-order valence-electron chi connectivity index (χ4n) is 2.65. The van der Waals surface area contributed by atoms with Crippen LogP contribution < -0.4 is 15.4 Å². The first-order valence-corrected chi connectivity index (χ1v) is 12.2. The number of halogens is 3. The van der Waals surface area contributed by atoms with Crippen molar-refractivity contribution in [3.63, 3.8) is 0 Å². The molecule has 0 atom stereocenters. The van der Waals surface area contributed by atoms with Crippen molar-refractivity contribution < 1.29 is 26.8 Å². The minimum absolute atomic E-state index is 0.0112. The quantitative estimate of drug-likeness (QED) is 0.399. The number of anilines is 2. The van der Waals surface area contributed by atoms with Gasteiger partial charge < -0.3 is 10.6 Å². The highest BCUT2D eigenvalue weighted by atomic mass is 35.5. The summed E-state index contributed by atoms with van der Waals surface area (Å²) in [5.41, 5.74) is -0.0435. The molecule has 3 aromatic carbocycles. The van der Waals surface area contributed by atoms with Gasteiger partial charge in [0.25, 0.3) is 5.91 Å². The molecule has 0 aliphatic rings. The number of sulfone groups is 1. The van der Waals surface area contributed by atoms with Crippen molar-refractivity contribution >= 4 is 56.7 Å². The van der Waals surface area contributed by atoms with E-state index in [2.05, 4.69) is 15.4 Å². The Morgan fingerprint density at radius 3 is 2.03 bits per heavy atom. The molecule has 0 heterocycles. The first-order chi connectivity index (χ1) is 15.5. The monoisotopic (exact) mass is 511 g/mol. The lowest BCUT2D eigenvalue weighted by Crippen LogP contribution is -2.22. The molecule has 0 unspecified atom stereocenters. The van der Waals surface area contributed by atoms with E-state index in [1.54, 1.807) is 0 Å². The van der Waals surface area contributed by atoms with E-state index in [9.17, 15) is 26.8 Å². The van der Waals surface area contributed by atoms with E-state index in [0.29, 0.717) is 10.6 Å². The van der Waals surface area contributed by atoms with Gasteiger partial charge in [-0.2, -0.15) is 0 Å². The number of carbonyl (C=O) groups is 2. The zero-order chi connectivity index (χ0) is 24.2. The first-order valence-electron chi connectivity index (χ1n) is 9.13. The van der Waals surface area contributed by atoms with Crippen molar-refractivity contribution in [1.82, 2.24) is 4.72 Å². The van der Waals surface area contributed by atoms with Crippen molar-refractivity contribution in [2.45, 2.75) is 9.79 Å². The van der Waals surface area contributed by atoms with Crippen LogP contribution in [0.3, 0.4) is 0 Å². The molecule has 3 aromatic rings. The highest BCUT2D eigenvalue weighted by molar-refractivity contribution is 7.98. The topological polar surface area (TPSA) is 104 Å². The van der Waals surface area contributed by atoms with Crippen LogP contribution >= 0.6 is 23.5 Å². The van der Waals surface area contributed by atoms with Crippen LogP contribution in [0.1, 0.15) is 10.4 Å². The summed E-state index contributed by atoms with van der Waals surface area (Å²) >= 11 is 6.90. The Hall–Kier alpha value is -3.15. The molecule has 0 spiro atoms. The number of hydrogen-bond acceptors (Lipinski definition) is 5. The van der Waals surface area contributed by atoms with Crippen LogP contribution in [0.4, 0.5) is 25.0 Å². The maximum absolute atomic E-state index is 13.7. The molecule has 0 aliphatic carbocycles. The van der Waals surface area contributed by atoms with Gasteiger partial charge in [-0.05, 0) is 66.5 Å². The maximum Gasteiger partial charge on any atom is 0.329 e. The van der Waals surface area contributed by atoms with E-state index < -0.39 is 39.0 Å². The third-order valence-electron chi connectivity index (χ3n) is 4.15. The lowest BCUT2D eigenvalue weighted by Gasteiger charge is -2.10. The molecule has 3 N–H and O–H groups in total. The molecule has 12 heteroatoms. The second-order valence-electron chi connectivity index (χ2n) is 6.65. The molecule has 0 bridgehead atoms. The van der Waals surface area contributed by atoms with Crippen molar-refractivity contribution in [1.29, 1.82) is 0 Å². The van der Waals surface area contributed by atoms with Crippen LogP contribution in [-0.2, 0) is 9.84 Å². The Morgan fingerprint density at radius 2 is 1.48 bits per heavy atom. The van der Waals surface area contributed by atoms with Gasteiger partial charge in [-0.15, -0.1) is 0 Å². The Kier molecular flexibility index (Phi) is 7.57. The van der Waals surface area contributed by atoms with Crippen LogP contribution in [0.25, 0.3) is 0 Å². The van der Waals surface area contributed by atoms with Crippen LogP contribution in [0, 0.1) is 11.6 Å². The lowest BCUT2D eigenvalue weighted by molar-refractivity contribution is 0.101. The van der Waals surface area contributed by atoms with Crippen LogP contribution in [-0.4, -0.2) is 26.6 Å². The smallest absolute Gasteiger partial charge is 0.322 e. The third-order valence-corrected chi connectivity index (χ3v) is 6.51. The Balaban J connectivity index is 1.56. The Bertz CT molecular complexity index is 1300. The molecule has 33 heavy (non-hydrogen) atoms. The SMILES string of the molecule is CS(=O)(=O)c1ccc(SNC(=O)Nc2ccc(NC(=O)c3c(F)cccc3F)cc2)cc1Cl. The summed E-state index contributed by atoms with van der Waals surface area (Å²) in [4.78, 5) is 24.7. The van der Waals surface area contributed by atoms with E-state index in [1.165, 1.54) is 42.5 Å². The van der Waals surface area contributed by atoms with E-state index >= 15 is 0 Å². The minimum Gasteiger partial charge on any atom is -0.322 e. The molecule has 0 saturated carbocycles. The third kappa shape index (κ3) is 6.44. The van der Waals surface area contributed by atoms with Crippen molar-refractivity contribution in [3.05, 3.63) is 82.9 Å². The molecule has 0 radical (unpaired) electrons. The van der Waals surface area contributed by atoms with Gasteiger partial charge in [-0.3, -0.25) is 9.52 Å². The number of benzene rings is 3. The van der Waals surface area contributed by atoms with Crippen molar-refractivity contribution in [2.24, 2.45) is 0 Å². The maximum atomic E-state index is 13.7. The second-order valence-corrected chi connectivity index (χ2v) is 9.92. The Labute approximate surface area is 197 Å². The van der Waals surface area contributed by atoms with E-state index in [0.717, 1.165) is 36.4 Å². The molecule has 3 rings (SSSR count). The number of rotatable bonds is 6. The van der Waals surface area contributed by atoms with Gasteiger partial charge in [0.15, 0.2) is 9.84 Å². The average Bonchev–Trinajstić information content (AvgIpc) is 2.72. The van der Waals surface area contributed by atoms with Crippen LogP contribution in [0.2, 0.25) is 5.02 Å². The number of urea groups is 1. The molecule has 0 aromatic heterocycles. The van der Waals surface area contributed by atoms with Crippen LogP contribution in [0.5, 0.6) is 0 Å². The Morgan fingerprint density at radius 1 is 0.909 bits per heavy atom. The van der Waals surface area contributed by atoms with E-state index in [-0.39, 0.29) is 15.6 Å². The van der Waals surface area contributed by atoms with Gasteiger partial charge in [0.2, 0.25) is 0 Å². The largest absolute Gasteiger partial charge is 0.329 e. The molecular formula is C21H16ClF2N3O4S2. The summed E-state index contributed by atoms with van der Waals surface area (Å²) in [6.07, 6.45) is 1.04. The molecular weight excluding hydrogens is 496 g/mol. The molecule has 7 nitrogen and oxygen atoms in total. The molecule has 172 valence electrons. The average molecular weight is 512 g/mol. The standard InChI is InChI=1S/C21H16ClF2N3O4S2/c1-33(30,31)18-10-9-14(11-15(18)22)32-27-21(29)26-13-7-5-12(6-8-13)25-20(28)19-16(23)3-2-4-17(19)24/h2-11H,1H3,(H,25,28)(H2,26,27,29). The lowest BCUT2D eigenvalue weighted by atomic mass is 10.1. The minimum atomic E-state index is -3.46. The molecule has 0 fully saturated rings. The summed E-state index contributed by atoms with van der Waals surface area (Å²) in [5, 5.41) is 4.98. The highest BCUT2D eigenvalue weighted by Gasteiger charge is 2.17. The summed E-state index contributed by atoms with van der Waals surface area (Å²) in [7, 11) is -3.46. The van der Waals surface area contributed by atoms with Gasteiger partial charge in [-0.25, -0.2) is 22.0 Å². The van der Waals surface area contributed by atoms with Gasteiger partial charge in [0.1, 0.15) is 17.2 Å². The summed E-state index contributed by atoms with van der Waals surface area (Å²) in [5.74, 6) is -2.90. The first kappa shape index (κ1) is 24.5. The van der Waals surface area contributed by atoms with E-state index in [4.69, 9.17) is 11.6 Å². The van der Waals surface area contributed by atoms with Gasteiger partial charge in [0.05, 0.1) is 9.92 Å². The van der Waals surface area contributed by atoms with Crippen molar-refractivity contribution in [2.75, 3.05) is 16.9 Å². The summed E-state index contributed by atoms with van der Waals surface area (Å²) in [6.45, 7) is 0. The predicted octanol–water partition coefficient (Wildman–Crippen LogP) is 5.10. The highest BCUT2D eigenvalue weighted by Crippen LogP contribution is 2.26. The zero-order valence-corrected chi connectivity index (χ0v) is 19.2. The number of carbonyl (C=O) groups excluding carboxylic acids is 2. The number of amides is 3. The van der Waals surface area contributed by atoms with Crippen LogP contribution in [0.15, 0.2) is 70.5 Å². The van der Waals surface area contributed by atoms with Gasteiger partial charge in [-0.1, -0.05) is 17.7 Å². The summed E-state index contributed by atoms with van der Waals surface area (Å²) in [6, 6.07) is 12.7. The summed E-state index contributed by atoms with van der Waals surface area (Å²) < 4.78 is 53.1.